The van der Waals surface area contributed by atoms with Crippen LogP contribution in [0.1, 0.15) is 104 Å². The van der Waals surface area contributed by atoms with E-state index in [-0.39, 0.29) is 85.3 Å². The maximum atomic E-state index is 14.1. The minimum atomic E-state index is -0.758. The number of aliphatic imine (C=N–C) groups is 2. The number of amides is 6. The van der Waals surface area contributed by atoms with Gasteiger partial charge in [-0.3, -0.25) is 48.4 Å². The Morgan fingerprint density at radius 2 is 1.29 bits per heavy atom. The molecular weight excluding hydrogens is 1020 g/mol. The van der Waals surface area contributed by atoms with E-state index in [1.807, 2.05) is 80.9 Å². The zero-order valence-corrected chi connectivity index (χ0v) is 45.5. The normalized spacial score (nSPS) is 17.8. The minimum Gasteiger partial charge on any atom is -0.493 e. The standard InChI is InChI=1S/C62H65N7O11/c1-38(2)59(66-56(71)15-10-7-11-24-67-57(72)22-23-58(67)73)51(70)27-39(3)60(74)65-44-20-18-42(19-21-44)43-29-46-35-64-50-33-55(53(78-5)31-48(50)62(76)69(46)37-43)80-26-12-25-79-54-32-49-47(30-52(54)77-4)61(75)68-36-41(28-45(68)34-63-49)17-16-40-13-8-6-9-14-40/h6,8-9,13-14,16-23,30-39,45-46,59H,7,10-12,15,24-29H2,1-5H3,(H,65,74)(H,66,71)/b17-16+/t39-,45+,46+,59+/m1/s1. The molecule has 5 heterocycles. The lowest BCUT2D eigenvalue weighted by Gasteiger charge is -2.23. The summed E-state index contributed by atoms with van der Waals surface area (Å²) in [5.74, 6) is -1.16. The highest BCUT2D eigenvalue weighted by Crippen LogP contribution is 2.41. The van der Waals surface area contributed by atoms with Crippen LogP contribution in [0.3, 0.4) is 0 Å². The Labute approximate surface area is 464 Å². The summed E-state index contributed by atoms with van der Waals surface area (Å²) in [6.45, 7) is 6.16. The molecule has 0 radical (unpaired) electrons. The summed E-state index contributed by atoms with van der Waals surface area (Å²) < 4.78 is 23.7. The predicted octanol–water partition coefficient (Wildman–Crippen LogP) is 9.21. The first-order chi connectivity index (χ1) is 38.7. The molecule has 0 saturated carbocycles. The van der Waals surface area contributed by atoms with Crippen molar-refractivity contribution in [2.24, 2.45) is 21.8 Å². The van der Waals surface area contributed by atoms with Gasteiger partial charge in [-0.05, 0) is 71.7 Å². The van der Waals surface area contributed by atoms with Gasteiger partial charge in [0.05, 0.1) is 68.1 Å². The molecule has 414 valence electrons. The third kappa shape index (κ3) is 13.0. The van der Waals surface area contributed by atoms with E-state index in [1.165, 1.54) is 31.3 Å². The minimum absolute atomic E-state index is 0.0672. The Bertz CT molecular complexity index is 3230. The van der Waals surface area contributed by atoms with E-state index in [9.17, 15) is 33.6 Å². The van der Waals surface area contributed by atoms with Crippen LogP contribution in [-0.2, 0) is 24.0 Å². The van der Waals surface area contributed by atoms with Crippen LogP contribution in [0.2, 0.25) is 0 Å². The zero-order valence-electron chi connectivity index (χ0n) is 45.5. The Balaban J connectivity index is 0.736. The Morgan fingerprint density at radius 1 is 0.688 bits per heavy atom. The summed E-state index contributed by atoms with van der Waals surface area (Å²) >= 11 is 0. The van der Waals surface area contributed by atoms with Crippen LogP contribution in [-0.4, -0.2) is 120 Å². The molecule has 4 aromatic carbocycles. The molecule has 5 aliphatic heterocycles. The summed E-state index contributed by atoms with van der Waals surface area (Å²) in [5.41, 5.74) is 6.13. The van der Waals surface area contributed by atoms with E-state index in [2.05, 4.69) is 10.6 Å². The monoisotopic (exact) mass is 1080 g/mol. The number of ketones is 1. The number of nitrogens with zero attached hydrogens (tertiary/aromatic N) is 5. The first-order valence-corrected chi connectivity index (χ1v) is 27.0. The third-order valence-corrected chi connectivity index (χ3v) is 14.5. The summed E-state index contributed by atoms with van der Waals surface area (Å²) in [6, 6.07) is 22.7. The van der Waals surface area contributed by atoms with E-state index in [0.717, 1.165) is 22.3 Å². The second-order valence-corrected chi connectivity index (χ2v) is 20.6. The highest BCUT2D eigenvalue weighted by atomic mass is 16.5. The average Bonchev–Trinajstić information content (AvgIpc) is 4.15. The van der Waals surface area contributed by atoms with Crippen LogP contribution in [0.25, 0.3) is 11.6 Å². The topological polar surface area (TPSA) is 215 Å². The molecule has 18 heteroatoms. The molecule has 18 nitrogen and oxygen atoms in total. The number of methoxy groups -OCH3 is 2. The predicted molar refractivity (Wildman–Crippen MR) is 304 cm³/mol. The Kier molecular flexibility index (Phi) is 17.6. The number of rotatable bonds is 24. The third-order valence-electron chi connectivity index (χ3n) is 14.5. The number of nitrogens with one attached hydrogen (secondary N) is 2. The fraction of sp³-hybridized carbons (Fsp3) is 0.339. The molecule has 6 amide bonds. The van der Waals surface area contributed by atoms with Crippen LogP contribution in [0.4, 0.5) is 17.1 Å². The van der Waals surface area contributed by atoms with Crippen LogP contribution in [0.15, 0.2) is 125 Å². The smallest absolute Gasteiger partial charge is 0.260 e. The largest absolute Gasteiger partial charge is 0.493 e. The van der Waals surface area contributed by atoms with E-state index in [1.54, 1.807) is 65.6 Å². The lowest BCUT2D eigenvalue weighted by Crippen LogP contribution is -2.45. The van der Waals surface area contributed by atoms with Gasteiger partial charge in [-0.2, -0.15) is 0 Å². The number of hydrogen-bond acceptors (Lipinski definition) is 13. The van der Waals surface area contributed by atoms with Crippen molar-refractivity contribution in [2.75, 3.05) is 39.3 Å². The number of ether oxygens (including phenoxy) is 4. The van der Waals surface area contributed by atoms with Crippen LogP contribution in [0.5, 0.6) is 23.0 Å². The lowest BCUT2D eigenvalue weighted by atomic mass is 9.92. The van der Waals surface area contributed by atoms with Crippen molar-refractivity contribution in [2.45, 2.75) is 90.3 Å². The zero-order chi connectivity index (χ0) is 56.5. The highest BCUT2D eigenvalue weighted by Gasteiger charge is 2.35. The van der Waals surface area contributed by atoms with Crippen LogP contribution in [0, 0.1) is 11.8 Å². The maximum Gasteiger partial charge on any atom is 0.260 e. The number of carbonyl (C=O) groups is 7. The number of fused-ring (bicyclic) bond motifs is 4. The van der Waals surface area contributed by atoms with Gasteiger partial charge < -0.3 is 39.4 Å². The van der Waals surface area contributed by atoms with Gasteiger partial charge in [-0.15, -0.1) is 0 Å². The Morgan fingerprint density at radius 3 is 1.89 bits per heavy atom. The number of carbonyl (C=O) groups excluding carboxylic acids is 7. The fourth-order valence-electron chi connectivity index (χ4n) is 10.1. The van der Waals surface area contributed by atoms with E-state index in [4.69, 9.17) is 28.9 Å². The summed E-state index contributed by atoms with van der Waals surface area (Å²) in [5, 5.41) is 5.74. The first kappa shape index (κ1) is 55.8. The first-order valence-electron chi connectivity index (χ1n) is 27.0. The van der Waals surface area contributed by atoms with E-state index < -0.39 is 12.0 Å². The molecule has 0 aromatic heterocycles. The fourth-order valence-corrected chi connectivity index (χ4v) is 10.1. The van der Waals surface area contributed by atoms with Crippen molar-refractivity contribution in [3.8, 4) is 23.0 Å². The maximum absolute atomic E-state index is 14.1. The van der Waals surface area contributed by atoms with Crippen molar-refractivity contribution < 1.29 is 52.5 Å². The number of hydrogen-bond donors (Lipinski definition) is 2. The molecule has 4 atom stereocenters. The van der Waals surface area contributed by atoms with Gasteiger partial charge in [0.2, 0.25) is 11.8 Å². The molecule has 80 heavy (non-hydrogen) atoms. The van der Waals surface area contributed by atoms with Gasteiger partial charge in [-0.25, -0.2) is 0 Å². The molecule has 0 fully saturated rings. The van der Waals surface area contributed by atoms with Gasteiger partial charge in [0.25, 0.3) is 23.6 Å². The molecule has 9 rings (SSSR count). The molecule has 0 spiro atoms. The number of imide groups is 1. The summed E-state index contributed by atoms with van der Waals surface area (Å²) in [6.07, 6.45) is 17.3. The number of benzene rings is 4. The van der Waals surface area contributed by atoms with E-state index in [0.29, 0.717) is 96.3 Å². The van der Waals surface area contributed by atoms with Gasteiger partial charge >= 0.3 is 0 Å². The molecule has 5 aliphatic rings. The van der Waals surface area contributed by atoms with Crippen molar-refractivity contribution in [1.29, 1.82) is 0 Å². The number of allylic oxidation sites excluding steroid dienone is 1. The number of Topliss-reactive ketones (excluding diaryl/α,β-unsaturated/α-hetero) is 1. The van der Waals surface area contributed by atoms with Gasteiger partial charge in [-0.1, -0.05) is 81.8 Å². The number of unbranched alkanes of at least 4 members (excludes halogenated alkanes) is 2. The summed E-state index contributed by atoms with van der Waals surface area (Å²) in [7, 11) is 3.04. The Hall–Kier alpha value is -8.93. The quantitative estimate of drug-likeness (QED) is 0.0498. The van der Waals surface area contributed by atoms with Crippen LogP contribution < -0.4 is 29.6 Å². The summed E-state index contributed by atoms with van der Waals surface area (Å²) in [4.78, 5) is 105. The highest BCUT2D eigenvalue weighted by molar-refractivity contribution is 6.13. The second-order valence-electron chi connectivity index (χ2n) is 20.6. The molecule has 0 saturated heterocycles. The van der Waals surface area contributed by atoms with Gasteiger partial charge in [0.15, 0.2) is 28.8 Å². The van der Waals surface area contributed by atoms with Crippen LogP contribution >= 0.6 is 0 Å². The van der Waals surface area contributed by atoms with Gasteiger partial charge in [0, 0.05) is 92.9 Å². The van der Waals surface area contributed by atoms with Crippen molar-refractivity contribution in [1.82, 2.24) is 20.0 Å². The second kappa shape index (κ2) is 25.2. The molecule has 0 unspecified atom stereocenters. The molecular formula is C62H65N7O11. The van der Waals surface area contributed by atoms with Gasteiger partial charge in [0.1, 0.15) is 0 Å². The molecule has 0 aliphatic carbocycles. The van der Waals surface area contributed by atoms with E-state index >= 15 is 0 Å². The van der Waals surface area contributed by atoms with Crippen molar-refractivity contribution >= 4 is 82.4 Å². The lowest BCUT2D eigenvalue weighted by molar-refractivity contribution is -0.137. The SMILES string of the molecule is COc1cc2c(cc1OCCCOc1cc3c(cc1OC)C(=O)N1C=C(c4ccc(NC(=O)[C@H](C)CC(=O)[C@@H](NC(=O)CCCCCN5C(=O)C=CC5=O)C(C)C)cc4)C[C@H]1C=N3)N=C[C@@H]1CC(/C=C/c3ccccc3)=CN1C2=O. The molecule has 4 aromatic rings. The molecule has 0 bridgehead atoms. The average molecular weight is 1080 g/mol. The van der Waals surface area contributed by atoms with Crippen molar-refractivity contribution in [3.05, 3.63) is 137 Å². The number of anilines is 1. The van der Waals surface area contributed by atoms with Crippen molar-refractivity contribution in [3.63, 3.8) is 0 Å². The molecule has 2 N–H and O–H groups in total.